The molecule has 16 heavy (non-hydrogen) atoms. The minimum absolute atomic E-state index is 0.0659. The van der Waals surface area contributed by atoms with Gasteiger partial charge in [-0.3, -0.25) is 0 Å². The van der Waals surface area contributed by atoms with Crippen LogP contribution in [-0.2, 0) is 10.6 Å². The Morgan fingerprint density at radius 3 is 2.88 bits per heavy atom. The zero-order valence-electron chi connectivity index (χ0n) is 9.11. The van der Waals surface area contributed by atoms with Gasteiger partial charge in [0.1, 0.15) is 11.7 Å². The van der Waals surface area contributed by atoms with Gasteiger partial charge in [-0.1, -0.05) is 0 Å². The first-order chi connectivity index (χ1) is 7.60. The summed E-state index contributed by atoms with van der Waals surface area (Å²) in [5.41, 5.74) is 0.604. The first-order valence-electron chi connectivity index (χ1n) is 4.87. The average Bonchev–Trinajstić information content (AvgIpc) is 2.28. The van der Waals surface area contributed by atoms with E-state index in [2.05, 4.69) is 9.97 Å². The van der Waals surface area contributed by atoms with Gasteiger partial charge in [0.15, 0.2) is 5.82 Å². The van der Waals surface area contributed by atoms with E-state index in [0.717, 1.165) is 0 Å². The van der Waals surface area contributed by atoms with Crippen molar-refractivity contribution in [2.24, 2.45) is 0 Å². The number of rotatable bonds is 4. The van der Waals surface area contributed by atoms with E-state index in [1.807, 2.05) is 0 Å². The van der Waals surface area contributed by atoms with Crippen LogP contribution >= 0.6 is 11.6 Å². The summed E-state index contributed by atoms with van der Waals surface area (Å²) in [5.74, 6) is -0.199. The number of halogens is 1. The Morgan fingerprint density at radius 2 is 2.38 bits per heavy atom. The molecule has 0 amide bonds. The molecule has 1 aromatic rings. The molecule has 0 aliphatic rings. The normalized spacial score (nSPS) is 12.2. The summed E-state index contributed by atoms with van der Waals surface area (Å²) in [7, 11) is 0. The molecule has 0 aliphatic carbocycles. The molecule has 1 atom stereocenters. The number of ether oxygens (including phenoxy) is 1. The van der Waals surface area contributed by atoms with E-state index < -0.39 is 12.1 Å². The van der Waals surface area contributed by atoms with Crippen molar-refractivity contribution in [3.63, 3.8) is 0 Å². The molecule has 0 unspecified atom stereocenters. The largest absolute Gasteiger partial charge is 0.462 e. The standard InChI is InChI=1S/C10H13ClN2O3/c1-3-16-10(15)7-5-12-9(6(2)14)13-8(7)4-11/h5-6,14H,3-4H2,1-2H3/t6-/m0/s1. The quantitative estimate of drug-likeness (QED) is 0.641. The predicted molar refractivity (Wildman–Crippen MR) is 58.2 cm³/mol. The fourth-order valence-corrected chi connectivity index (χ4v) is 1.32. The van der Waals surface area contributed by atoms with Crippen LogP contribution in [0.25, 0.3) is 0 Å². The molecule has 0 aliphatic heterocycles. The van der Waals surface area contributed by atoms with Crippen molar-refractivity contribution in [1.29, 1.82) is 0 Å². The van der Waals surface area contributed by atoms with Gasteiger partial charge in [0.2, 0.25) is 0 Å². The topological polar surface area (TPSA) is 72.3 Å². The number of hydrogen-bond acceptors (Lipinski definition) is 5. The van der Waals surface area contributed by atoms with Gasteiger partial charge in [0.25, 0.3) is 0 Å². The highest BCUT2D eigenvalue weighted by atomic mass is 35.5. The van der Waals surface area contributed by atoms with Gasteiger partial charge in [0, 0.05) is 6.20 Å². The molecule has 0 saturated heterocycles. The van der Waals surface area contributed by atoms with Crippen molar-refractivity contribution in [2.45, 2.75) is 25.8 Å². The van der Waals surface area contributed by atoms with Gasteiger partial charge in [-0.2, -0.15) is 0 Å². The van der Waals surface area contributed by atoms with Crippen LogP contribution in [0.5, 0.6) is 0 Å². The Labute approximate surface area is 98.4 Å². The monoisotopic (exact) mass is 244 g/mol. The highest BCUT2D eigenvalue weighted by Crippen LogP contribution is 2.13. The lowest BCUT2D eigenvalue weighted by Crippen LogP contribution is -2.12. The number of alkyl halides is 1. The number of nitrogens with zero attached hydrogens (tertiary/aromatic N) is 2. The van der Waals surface area contributed by atoms with Gasteiger partial charge in [0.05, 0.1) is 18.2 Å². The molecule has 1 aromatic heterocycles. The minimum Gasteiger partial charge on any atom is -0.462 e. The van der Waals surface area contributed by atoms with Gasteiger partial charge >= 0.3 is 5.97 Å². The van der Waals surface area contributed by atoms with Crippen LogP contribution in [0.3, 0.4) is 0 Å². The fraction of sp³-hybridized carbons (Fsp3) is 0.500. The Balaban J connectivity index is 3.06. The highest BCUT2D eigenvalue weighted by Gasteiger charge is 2.16. The van der Waals surface area contributed by atoms with E-state index >= 15 is 0 Å². The number of carbonyl (C=O) groups is 1. The zero-order chi connectivity index (χ0) is 12.1. The van der Waals surface area contributed by atoms with Crippen molar-refractivity contribution >= 4 is 17.6 Å². The van der Waals surface area contributed by atoms with E-state index in [1.165, 1.54) is 13.1 Å². The lowest BCUT2D eigenvalue weighted by Gasteiger charge is -2.08. The van der Waals surface area contributed by atoms with Crippen LogP contribution in [0.4, 0.5) is 0 Å². The van der Waals surface area contributed by atoms with Crippen molar-refractivity contribution in [3.8, 4) is 0 Å². The highest BCUT2D eigenvalue weighted by molar-refractivity contribution is 6.17. The molecule has 0 radical (unpaired) electrons. The van der Waals surface area contributed by atoms with E-state index in [1.54, 1.807) is 6.92 Å². The molecular weight excluding hydrogens is 232 g/mol. The predicted octanol–water partition coefficient (Wildman–Crippen LogP) is 1.45. The number of aliphatic hydroxyl groups is 1. The second kappa shape index (κ2) is 5.77. The van der Waals surface area contributed by atoms with Gasteiger partial charge < -0.3 is 9.84 Å². The van der Waals surface area contributed by atoms with Crippen molar-refractivity contribution in [1.82, 2.24) is 9.97 Å². The summed E-state index contributed by atoms with van der Waals surface area (Å²) in [5, 5.41) is 9.29. The lowest BCUT2D eigenvalue weighted by molar-refractivity contribution is 0.0523. The fourth-order valence-electron chi connectivity index (χ4n) is 1.12. The minimum atomic E-state index is -0.793. The Hall–Kier alpha value is -1.20. The molecule has 5 nitrogen and oxygen atoms in total. The molecule has 0 saturated carbocycles. The third-order valence-electron chi connectivity index (χ3n) is 1.88. The summed E-state index contributed by atoms with van der Waals surface area (Å²) < 4.78 is 4.83. The number of aliphatic hydroxyl groups excluding tert-OH is 1. The molecule has 6 heteroatoms. The van der Waals surface area contributed by atoms with Crippen molar-refractivity contribution in [3.05, 3.63) is 23.3 Å². The van der Waals surface area contributed by atoms with E-state index in [4.69, 9.17) is 16.3 Å². The van der Waals surface area contributed by atoms with Crippen LogP contribution in [0.2, 0.25) is 0 Å². The summed E-state index contributed by atoms with van der Waals surface area (Å²) in [6.45, 7) is 3.53. The smallest absolute Gasteiger partial charge is 0.341 e. The van der Waals surface area contributed by atoms with Crippen LogP contribution < -0.4 is 0 Å². The molecule has 88 valence electrons. The van der Waals surface area contributed by atoms with E-state index in [-0.39, 0.29) is 23.9 Å². The first kappa shape index (κ1) is 12.9. The maximum Gasteiger partial charge on any atom is 0.341 e. The van der Waals surface area contributed by atoms with Gasteiger partial charge in [-0.25, -0.2) is 14.8 Å². The van der Waals surface area contributed by atoms with E-state index in [9.17, 15) is 9.90 Å². The number of hydrogen-bond donors (Lipinski definition) is 1. The second-order valence-corrected chi connectivity index (χ2v) is 3.39. The molecule has 1 N–H and O–H groups in total. The zero-order valence-corrected chi connectivity index (χ0v) is 9.86. The molecule has 1 rings (SSSR count). The summed E-state index contributed by atoms with van der Waals surface area (Å²) >= 11 is 5.67. The van der Waals surface area contributed by atoms with Gasteiger partial charge in [-0.05, 0) is 13.8 Å². The van der Waals surface area contributed by atoms with Gasteiger partial charge in [-0.15, -0.1) is 11.6 Å². The number of aromatic nitrogens is 2. The van der Waals surface area contributed by atoms with Crippen molar-refractivity contribution in [2.75, 3.05) is 6.61 Å². The second-order valence-electron chi connectivity index (χ2n) is 3.12. The Kier molecular flexibility index (Phi) is 4.64. The average molecular weight is 245 g/mol. The van der Waals surface area contributed by atoms with Crippen LogP contribution in [-0.4, -0.2) is 27.7 Å². The summed E-state index contributed by atoms with van der Waals surface area (Å²) in [6, 6.07) is 0. The van der Waals surface area contributed by atoms with Crippen molar-refractivity contribution < 1.29 is 14.6 Å². The molecule has 1 heterocycles. The Morgan fingerprint density at radius 1 is 1.69 bits per heavy atom. The molecule has 0 bridgehead atoms. The molecule has 0 fully saturated rings. The third kappa shape index (κ3) is 2.90. The third-order valence-corrected chi connectivity index (χ3v) is 2.14. The van der Waals surface area contributed by atoms with Crippen LogP contribution in [0, 0.1) is 0 Å². The van der Waals surface area contributed by atoms with E-state index in [0.29, 0.717) is 5.69 Å². The first-order valence-corrected chi connectivity index (χ1v) is 5.40. The molecular formula is C10H13ClN2O3. The number of carbonyl (C=O) groups excluding carboxylic acids is 1. The maximum absolute atomic E-state index is 11.5. The SMILES string of the molecule is CCOC(=O)c1cnc([C@H](C)O)nc1CCl. The summed E-state index contributed by atoms with van der Waals surface area (Å²) in [6.07, 6.45) is 0.531. The van der Waals surface area contributed by atoms with Crippen LogP contribution in [0.1, 0.15) is 41.8 Å². The van der Waals surface area contributed by atoms with Crippen LogP contribution in [0.15, 0.2) is 6.20 Å². The Bertz CT molecular complexity index is 382. The lowest BCUT2D eigenvalue weighted by atomic mass is 10.2. The molecule has 0 aromatic carbocycles. The molecule has 0 spiro atoms. The maximum atomic E-state index is 11.5. The summed E-state index contributed by atoms with van der Waals surface area (Å²) in [4.78, 5) is 19.4. The number of esters is 1.